The Morgan fingerprint density at radius 2 is 1.35 bits per heavy atom. The minimum atomic E-state index is -1.32. The van der Waals surface area contributed by atoms with Crippen LogP contribution in [0.5, 0.6) is 0 Å². The number of para-hydroxylation sites is 2. The van der Waals surface area contributed by atoms with E-state index in [0.717, 1.165) is 25.8 Å². The predicted molar refractivity (Wildman–Crippen MR) is 163 cm³/mol. The molecule has 1 fully saturated rings. The van der Waals surface area contributed by atoms with Crippen molar-refractivity contribution in [2.24, 2.45) is 5.92 Å². The summed E-state index contributed by atoms with van der Waals surface area (Å²) in [5.74, 6) is -1.70. The molecule has 4 aromatic carbocycles. The summed E-state index contributed by atoms with van der Waals surface area (Å²) in [4.78, 5) is 45.7. The number of amides is 1. The molecule has 196 valence electrons. The first-order valence-corrected chi connectivity index (χ1v) is 14.6. The van der Waals surface area contributed by atoms with Gasteiger partial charge in [0.2, 0.25) is 5.91 Å². The van der Waals surface area contributed by atoms with Crippen LogP contribution in [-0.4, -0.2) is 29.6 Å². The summed E-state index contributed by atoms with van der Waals surface area (Å²) in [6.45, 7) is 0. The van der Waals surface area contributed by atoms with Gasteiger partial charge in [0.25, 0.3) is 0 Å². The number of halogens is 2. The minimum Gasteiger partial charge on any atom is -0.352 e. The molecule has 3 heterocycles. The van der Waals surface area contributed by atoms with Gasteiger partial charge in [-0.3, -0.25) is 14.4 Å². The van der Waals surface area contributed by atoms with Gasteiger partial charge in [0.1, 0.15) is 11.5 Å². The first kappa shape index (κ1) is 25.2. The first-order chi connectivity index (χ1) is 19.4. The second-order valence-electron chi connectivity index (χ2n) is 10.3. The molecule has 7 heteroatoms. The van der Waals surface area contributed by atoms with Crippen LogP contribution in [0.25, 0.3) is 6.08 Å². The number of benzene rings is 4. The lowest BCUT2D eigenvalue weighted by Gasteiger charge is -2.37. The van der Waals surface area contributed by atoms with Crippen LogP contribution in [0.15, 0.2) is 112 Å². The van der Waals surface area contributed by atoms with Gasteiger partial charge in [0.15, 0.2) is 11.6 Å². The Kier molecular flexibility index (Phi) is 5.91. The zero-order valence-electron chi connectivity index (χ0n) is 21.1. The largest absolute Gasteiger partial charge is 0.352 e. The lowest BCUT2D eigenvalue weighted by atomic mass is 9.64. The summed E-state index contributed by atoms with van der Waals surface area (Å²) in [7, 11) is 0. The van der Waals surface area contributed by atoms with E-state index in [-0.39, 0.29) is 17.5 Å². The zero-order valence-corrected chi connectivity index (χ0v) is 24.2. The average Bonchev–Trinajstić information content (AvgIpc) is 3.45. The predicted octanol–water partition coefficient (Wildman–Crippen LogP) is 7.07. The normalized spacial score (nSPS) is 23.9. The highest BCUT2D eigenvalue weighted by Gasteiger charge is 2.70. The monoisotopic (exact) mass is 652 g/mol. The van der Waals surface area contributed by atoms with Crippen LogP contribution in [-0.2, 0) is 10.2 Å². The summed E-state index contributed by atoms with van der Waals surface area (Å²) in [6.07, 6.45) is 3.99. The van der Waals surface area contributed by atoms with Crippen LogP contribution in [0, 0.1) is 5.92 Å². The number of hydrogen-bond donors (Lipinski definition) is 1. The van der Waals surface area contributed by atoms with E-state index in [9.17, 15) is 14.4 Å². The third-order valence-corrected chi connectivity index (χ3v) is 9.41. The van der Waals surface area contributed by atoms with Crippen molar-refractivity contribution in [2.75, 3.05) is 10.2 Å². The van der Waals surface area contributed by atoms with Crippen LogP contribution in [0.3, 0.4) is 0 Å². The SMILES string of the molecule is O=C(c1ccc(Br)cc1)[C@@H]1[C@H](C(=O)c2ccc(Br)cc2)N2c3ccccc3C=C[C@H]2[C@@]12C(=O)Nc1ccccc12. The van der Waals surface area contributed by atoms with Gasteiger partial charge in [-0.05, 0) is 47.5 Å². The van der Waals surface area contributed by atoms with Gasteiger partial charge in [-0.2, -0.15) is 0 Å². The molecule has 4 atom stereocenters. The minimum absolute atomic E-state index is 0.202. The van der Waals surface area contributed by atoms with E-state index in [0.29, 0.717) is 16.8 Å². The molecular weight excluding hydrogens is 632 g/mol. The van der Waals surface area contributed by atoms with E-state index in [1.165, 1.54) is 0 Å². The number of hydrogen-bond acceptors (Lipinski definition) is 4. The highest BCUT2D eigenvalue weighted by atomic mass is 79.9. The molecule has 7 rings (SSSR count). The summed E-state index contributed by atoms with van der Waals surface area (Å²) in [6, 6.07) is 28.2. The van der Waals surface area contributed by atoms with Gasteiger partial charge in [-0.1, -0.05) is 105 Å². The van der Waals surface area contributed by atoms with Crippen molar-refractivity contribution >= 4 is 66.8 Å². The molecule has 0 bridgehead atoms. The van der Waals surface area contributed by atoms with Crippen LogP contribution in [0.2, 0.25) is 0 Å². The molecule has 0 radical (unpaired) electrons. The molecule has 0 aliphatic carbocycles. The Morgan fingerprint density at radius 1 is 0.750 bits per heavy atom. The Hall–Kier alpha value is -3.81. The fourth-order valence-electron chi connectivity index (χ4n) is 6.70. The Labute approximate surface area is 248 Å². The molecule has 0 aromatic heterocycles. The van der Waals surface area contributed by atoms with Crippen molar-refractivity contribution in [1.82, 2.24) is 0 Å². The Bertz CT molecular complexity index is 1730. The Morgan fingerprint density at radius 3 is 2.05 bits per heavy atom. The maximum Gasteiger partial charge on any atom is 0.238 e. The maximum atomic E-state index is 14.7. The number of Topliss-reactive ketones (excluding diaryl/α,β-unsaturated/α-hetero) is 2. The molecule has 1 spiro atoms. The molecular formula is C33H22Br2N2O3. The van der Waals surface area contributed by atoms with Gasteiger partial charge in [-0.25, -0.2) is 0 Å². The quantitative estimate of drug-likeness (QED) is 0.239. The van der Waals surface area contributed by atoms with E-state index in [1.54, 1.807) is 24.3 Å². The number of nitrogens with one attached hydrogen (secondary N) is 1. The summed E-state index contributed by atoms with van der Waals surface area (Å²) < 4.78 is 1.69. The van der Waals surface area contributed by atoms with Crippen molar-refractivity contribution in [3.63, 3.8) is 0 Å². The Balaban J connectivity index is 1.53. The van der Waals surface area contributed by atoms with Crippen molar-refractivity contribution in [3.8, 4) is 0 Å². The van der Waals surface area contributed by atoms with E-state index < -0.39 is 23.4 Å². The first-order valence-electron chi connectivity index (χ1n) is 13.0. The highest BCUT2D eigenvalue weighted by molar-refractivity contribution is 9.10. The highest BCUT2D eigenvalue weighted by Crippen LogP contribution is 2.58. The van der Waals surface area contributed by atoms with E-state index in [4.69, 9.17) is 0 Å². The van der Waals surface area contributed by atoms with Gasteiger partial charge >= 0.3 is 0 Å². The fraction of sp³-hybridized carbons (Fsp3) is 0.121. The number of anilines is 2. The summed E-state index contributed by atoms with van der Waals surface area (Å²) in [5.41, 5.74) is 2.79. The van der Waals surface area contributed by atoms with Crippen LogP contribution in [0.1, 0.15) is 31.8 Å². The molecule has 1 saturated heterocycles. The molecule has 0 unspecified atom stereocenters. The molecule has 1 amide bonds. The van der Waals surface area contributed by atoms with Crippen LogP contribution < -0.4 is 10.2 Å². The lowest BCUT2D eigenvalue weighted by molar-refractivity contribution is -0.121. The van der Waals surface area contributed by atoms with E-state index in [1.807, 2.05) is 89.8 Å². The maximum absolute atomic E-state index is 14.7. The van der Waals surface area contributed by atoms with Gasteiger partial charge < -0.3 is 10.2 Å². The average molecular weight is 654 g/mol. The molecule has 5 nitrogen and oxygen atoms in total. The number of rotatable bonds is 4. The number of ketones is 2. The van der Waals surface area contributed by atoms with Crippen molar-refractivity contribution < 1.29 is 14.4 Å². The lowest BCUT2D eigenvalue weighted by Crippen LogP contribution is -2.51. The third kappa shape index (κ3) is 3.54. The van der Waals surface area contributed by atoms with Crippen LogP contribution >= 0.6 is 31.9 Å². The number of fused-ring (bicyclic) bond motifs is 6. The fourth-order valence-corrected chi connectivity index (χ4v) is 7.23. The standard InChI is InChI=1S/C33H22Br2N2O3/c34-22-14-9-20(10-15-22)30(38)28-29(31(39)21-11-16-23(35)17-12-21)37-26-8-4-1-5-19(26)13-18-27(37)33(28)24-6-2-3-7-25(24)36-32(33)40/h1-18,27-29H,(H,36,40)/t27-,28-,29+,33+/m0/s1. The number of carbonyl (C=O) groups excluding carboxylic acids is 3. The van der Waals surface area contributed by atoms with Gasteiger partial charge in [-0.15, -0.1) is 0 Å². The molecule has 3 aliphatic rings. The molecule has 1 N–H and O–H groups in total. The van der Waals surface area contributed by atoms with Gasteiger partial charge in [0, 0.05) is 31.4 Å². The van der Waals surface area contributed by atoms with Gasteiger partial charge in [0.05, 0.1) is 12.0 Å². The molecule has 3 aliphatic heterocycles. The second kappa shape index (κ2) is 9.39. The molecule has 40 heavy (non-hydrogen) atoms. The summed E-state index contributed by atoms with van der Waals surface area (Å²) in [5, 5.41) is 3.06. The van der Waals surface area contributed by atoms with E-state index in [2.05, 4.69) is 37.2 Å². The topological polar surface area (TPSA) is 66.5 Å². The third-order valence-electron chi connectivity index (χ3n) is 8.35. The number of carbonyl (C=O) groups is 3. The van der Waals surface area contributed by atoms with Crippen molar-refractivity contribution in [3.05, 3.63) is 134 Å². The zero-order chi connectivity index (χ0) is 27.6. The smallest absolute Gasteiger partial charge is 0.238 e. The van der Waals surface area contributed by atoms with E-state index >= 15 is 0 Å². The second-order valence-corrected chi connectivity index (χ2v) is 12.1. The summed E-state index contributed by atoms with van der Waals surface area (Å²) >= 11 is 6.92. The molecule has 0 saturated carbocycles. The van der Waals surface area contributed by atoms with Crippen LogP contribution in [0.4, 0.5) is 11.4 Å². The molecule has 4 aromatic rings. The van der Waals surface area contributed by atoms with Crippen molar-refractivity contribution in [1.29, 1.82) is 0 Å². The number of nitrogens with zero attached hydrogens (tertiary/aromatic N) is 1. The van der Waals surface area contributed by atoms with Crippen molar-refractivity contribution in [2.45, 2.75) is 17.5 Å².